The third kappa shape index (κ3) is 4.87. The molecule has 0 aliphatic heterocycles. The number of fused-ring (bicyclic) bond motifs is 1. The second kappa shape index (κ2) is 9.22. The van der Waals surface area contributed by atoms with Crippen molar-refractivity contribution in [3.8, 4) is 11.8 Å². The fourth-order valence-electron chi connectivity index (χ4n) is 3.20. The van der Waals surface area contributed by atoms with Gasteiger partial charge in [0.2, 0.25) is 11.9 Å². The predicted molar refractivity (Wildman–Crippen MR) is 120 cm³/mol. The van der Waals surface area contributed by atoms with Crippen LogP contribution in [0.15, 0.2) is 54.7 Å². The Morgan fingerprint density at radius 3 is 2.84 bits per heavy atom. The van der Waals surface area contributed by atoms with Gasteiger partial charge in [0, 0.05) is 18.7 Å². The van der Waals surface area contributed by atoms with E-state index in [1.807, 2.05) is 44.2 Å². The van der Waals surface area contributed by atoms with Gasteiger partial charge in [-0.3, -0.25) is 4.79 Å². The van der Waals surface area contributed by atoms with Crippen LogP contribution in [0.5, 0.6) is 0 Å². The van der Waals surface area contributed by atoms with Crippen molar-refractivity contribution in [3.63, 3.8) is 0 Å². The van der Waals surface area contributed by atoms with E-state index in [4.69, 9.17) is 5.26 Å². The molecule has 0 unspecified atom stereocenters. The summed E-state index contributed by atoms with van der Waals surface area (Å²) in [5.41, 5.74) is 4.07. The van der Waals surface area contributed by atoms with Gasteiger partial charge in [-0.05, 0) is 41.8 Å². The van der Waals surface area contributed by atoms with Crippen LogP contribution in [0.2, 0.25) is 0 Å². The number of hydrogen-bond acceptors (Lipinski definition) is 7. The lowest BCUT2D eigenvalue weighted by Gasteiger charge is -2.09. The highest BCUT2D eigenvalue weighted by Crippen LogP contribution is 2.19. The Morgan fingerprint density at radius 2 is 2.03 bits per heavy atom. The van der Waals surface area contributed by atoms with Gasteiger partial charge >= 0.3 is 0 Å². The second-order valence-corrected chi connectivity index (χ2v) is 7.77. The Labute approximate surface area is 185 Å². The van der Waals surface area contributed by atoms with E-state index >= 15 is 0 Å². The van der Waals surface area contributed by atoms with Crippen molar-refractivity contribution in [3.05, 3.63) is 65.9 Å². The highest BCUT2D eigenvalue weighted by atomic mass is 16.1. The highest BCUT2D eigenvalue weighted by Gasteiger charge is 2.12. The normalized spacial score (nSPS) is 10.8. The Hall–Kier alpha value is -4.32. The third-order valence-electron chi connectivity index (χ3n) is 4.68. The van der Waals surface area contributed by atoms with E-state index in [-0.39, 0.29) is 5.91 Å². The maximum absolute atomic E-state index is 12.0. The van der Waals surface area contributed by atoms with Crippen molar-refractivity contribution in [2.75, 3.05) is 5.32 Å². The molecule has 2 N–H and O–H groups in total. The lowest BCUT2D eigenvalue weighted by Crippen LogP contribution is -2.23. The fourth-order valence-corrected chi connectivity index (χ4v) is 3.20. The van der Waals surface area contributed by atoms with Crippen LogP contribution in [-0.4, -0.2) is 30.9 Å². The number of amides is 1. The summed E-state index contributed by atoms with van der Waals surface area (Å²) in [4.78, 5) is 20.8. The van der Waals surface area contributed by atoms with Crippen molar-refractivity contribution in [2.24, 2.45) is 5.92 Å². The van der Waals surface area contributed by atoms with Gasteiger partial charge in [-0.1, -0.05) is 37.3 Å². The summed E-state index contributed by atoms with van der Waals surface area (Å²) < 4.78 is 1.63. The van der Waals surface area contributed by atoms with Crippen LogP contribution in [0.1, 0.15) is 31.4 Å². The number of carbonyl (C=O) groups is 1. The number of aromatic nitrogens is 5. The zero-order chi connectivity index (χ0) is 22.5. The molecule has 32 heavy (non-hydrogen) atoms. The Balaban J connectivity index is 1.57. The quantitative estimate of drug-likeness (QED) is 0.464. The van der Waals surface area contributed by atoms with Crippen LogP contribution in [-0.2, 0) is 11.3 Å². The summed E-state index contributed by atoms with van der Waals surface area (Å²) in [7, 11) is 0. The van der Waals surface area contributed by atoms with Crippen LogP contribution in [0.25, 0.3) is 16.9 Å². The number of hydrogen-bond donors (Lipinski definition) is 2. The number of nitriles is 1. The average Bonchev–Trinajstić information content (AvgIpc) is 3.21. The summed E-state index contributed by atoms with van der Waals surface area (Å²) in [5, 5.41) is 23.5. The Bertz CT molecular complexity index is 1300. The molecule has 9 nitrogen and oxygen atoms in total. The maximum Gasteiger partial charge on any atom is 0.229 e. The predicted octanol–water partition coefficient (Wildman–Crippen LogP) is 3.49. The molecule has 0 aliphatic rings. The van der Waals surface area contributed by atoms with Crippen LogP contribution in [0.4, 0.5) is 11.6 Å². The molecule has 160 valence electrons. The van der Waals surface area contributed by atoms with Gasteiger partial charge in [-0.15, -0.1) is 5.10 Å². The molecule has 2 aromatic carbocycles. The number of nitrogens with one attached hydrogen (secondary N) is 2. The number of rotatable bonds is 7. The molecule has 0 fully saturated rings. The molecule has 0 atom stereocenters. The van der Waals surface area contributed by atoms with Gasteiger partial charge in [0.1, 0.15) is 0 Å². The first kappa shape index (κ1) is 20.9. The van der Waals surface area contributed by atoms with Crippen LogP contribution in [0.3, 0.4) is 0 Å². The first-order valence-electron chi connectivity index (χ1n) is 10.2. The zero-order valence-corrected chi connectivity index (χ0v) is 17.8. The molecule has 4 aromatic rings. The topological polar surface area (TPSA) is 121 Å². The third-order valence-corrected chi connectivity index (χ3v) is 4.68. The van der Waals surface area contributed by atoms with E-state index in [1.165, 1.54) is 0 Å². The van der Waals surface area contributed by atoms with Crippen LogP contribution in [0, 0.1) is 17.2 Å². The van der Waals surface area contributed by atoms with Gasteiger partial charge in [-0.2, -0.15) is 14.9 Å². The smallest absolute Gasteiger partial charge is 0.229 e. The summed E-state index contributed by atoms with van der Waals surface area (Å²) in [6.45, 7) is 4.46. The fraction of sp³-hybridized carbons (Fsp3) is 0.217. The van der Waals surface area contributed by atoms with E-state index in [2.05, 4.69) is 37.0 Å². The lowest BCUT2D eigenvalue weighted by atomic mass is 10.1. The van der Waals surface area contributed by atoms with Gasteiger partial charge in [-0.25, -0.2) is 4.98 Å². The Morgan fingerprint density at radius 1 is 1.19 bits per heavy atom. The Kier molecular flexibility index (Phi) is 6.03. The molecule has 0 radical (unpaired) electrons. The standard InChI is InChI=1S/C23H22N8O/c1-15(2)9-21(32)25-13-17-6-4-8-19(11-17)31-22-20(29-30-31)14-26-23(28-22)27-18-7-3-5-16(10-18)12-24/h3-8,10-11,14-15H,9,13H2,1-2H3,(H,25,32)(H,26,27,28). The van der Waals surface area contributed by atoms with Crippen molar-refractivity contribution in [1.82, 2.24) is 30.3 Å². The molecular weight excluding hydrogens is 404 g/mol. The molecule has 0 saturated heterocycles. The molecule has 0 spiro atoms. The molecule has 0 bridgehead atoms. The minimum atomic E-state index is 0.0283. The van der Waals surface area contributed by atoms with Gasteiger partial charge in [0.15, 0.2) is 11.2 Å². The molecule has 9 heteroatoms. The minimum absolute atomic E-state index is 0.0283. The molecule has 1 amide bonds. The molecular formula is C23H22N8O. The second-order valence-electron chi connectivity index (χ2n) is 7.77. The maximum atomic E-state index is 12.0. The molecule has 4 rings (SSSR count). The number of benzene rings is 2. The van der Waals surface area contributed by atoms with Crippen molar-refractivity contribution in [1.29, 1.82) is 5.26 Å². The number of anilines is 2. The molecule has 2 aromatic heterocycles. The van der Waals surface area contributed by atoms with Crippen molar-refractivity contribution in [2.45, 2.75) is 26.8 Å². The summed E-state index contributed by atoms with van der Waals surface area (Å²) >= 11 is 0. The van der Waals surface area contributed by atoms with Gasteiger partial charge in [0.05, 0.1) is 23.5 Å². The van der Waals surface area contributed by atoms with Gasteiger partial charge in [0.25, 0.3) is 0 Å². The summed E-state index contributed by atoms with van der Waals surface area (Å²) in [6.07, 6.45) is 2.09. The van der Waals surface area contributed by atoms with Gasteiger partial charge < -0.3 is 10.6 Å². The van der Waals surface area contributed by atoms with E-state index in [1.54, 1.807) is 29.1 Å². The van der Waals surface area contributed by atoms with Crippen molar-refractivity contribution >= 4 is 28.7 Å². The lowest BCUT2D eigenvalue weighted by molar-refractivity contribution is -0.121. The largest absolute Gasteiger partial charge is 0.352 e. The molecule has 2 heterocycles. The monoisotopic (exact) mass is 426 g/mol. The summed E-state index contributed by atoms with van der Waals surface area (Å²) in [5.74, 6) is 0.710. The van der Waals surface area contributed by atoms with Crippen molar-refractivity contribution < 1.29 is 4.79 Å². The van der Waals surface area contributed by atoms with E-state index in [0.717, 1.165) is 11.3 Å². The summed E-state index contributed by atoms with van der Waals surface area (Å²) in [6, 6.07) is 16.9. The first-order chi connectivity index (χ1) is 15.5. The number of carbonyl (C=O) groups excluding carboxylic acids is 1. The van der Waals surface area contributed by atoms with Crippen LogP contribution >= 0.6 is 0 Å². The van der Waals surface area contributed by atoms with Crippen LogP contribution < -0.4 is 10.6 Å². The average molecular weight is 426 g/mol. The highest BCUT2D eigenvalue weighted by molar-refractivity contribution is 5.76. The minimum Gasteiger partial charge on any atom is -0.352 e. The SMILES string of the molecule is CC(C)CC(=O)NCc1cccc(-n2nnc3cnc(Nc4cccc(C#N)c4)nc32)c1. The molecule has 0 aliphatic carbocycles. The van der Waals surface area contributed by atoms with E-state index < -0.39 is 0 Å². The first-order valence-corrected chi connectivity index (χ1v) is 10.2. The number of nitrogens with zero attached hydrogens (tertiary/aromatic N) is 6. The van der Waals surface area contributed by atoms with E-state index in [9.17, 15) is 4.79 Å². The van der Waals surface area contributed by atoms with E-state index in [0.29, 0.717) is 47.2 Å². The molecule has 0 saturated carbocycles. The zero-order valence-electron chi connectivity index (χ0n) is 17.8.